The molecule has 0 radical (unpaired) electrons. The van der Waals surface area contributed by atoms with Crippen LogP contribution in [0.1, 0.15) is 11.4 Å². The molecule has 0 aliphatic carbocycles. The summed E-state index contributed by atoms with van der Waals surface area (Å²) >= 11 is 9.53. The van der Waals surface area contributed by atoms with Crippen LogP contribution in [0.2, 0.25) is 0 Å². The van der Waals surface area contributed by atoms with Crippen LogP contribution in [0.5, 0.6) is 11.5 Å². The second-order valence-corrected chi connectivity index (χ2v) is 7.07. The Hall–Kier alpha value is -1.08. The molecule has 4 nitrogen and oxygen atoms in total. The average molecular weight is 621 g/mol. The fourth-order valence-corrected chi connectivity index (χ4v) is 1.51. The molecule has 0 aliphatic heterocycles. The van der Waals surface area contributed by atoms with E-state index >= 15 is 0 Å². The minimum absolute atomic E-state index is 0.280. The van der Waals surface area contributed by atoms with E-state index in [-0.39, 0.29) is 5.75 Å². The highest BCUT2D eigenvalue weighted by molar-refractivity contribution is 9.12. The maximum atomic E-state index is 12.1. The summed E-state index contributed by atoms with van der Waals surface area (Å²) in [6.45, 7) is 0.396. The first-order valence-corrected chi connectivity index (χ1v) is 10.9. The highest BCUT2D eigenvalue weighted by atomic mass is 79.9. The van der Waals surface area contributed by atoms with E-state index in [0.29, 0.717) is 17.7 Å². The minimum atomic E-state index is -4.44. The molecule has 2 rings (SSSR count). The topological polar surface area (TPSA) is 55.2 Å². The van der Waals surface area contributed by atoms with Crippen LogP contribution in [0, 0.1) is 0 Å². The van der Waals surface area contributed by atoms with Crippen LogP contribution in [-0.2, 0) is 12.4 Å². The number of halogens is 9. The largest absolute Gasteiger partial charge is 0.506 e. The Balaban J connectivity index is 0.000000466. The molecule has 0 saturated heterocycles. The van der Waals surface area contributed by atoms with Gasteiger partial charge in [-0.1, -0.05) is 47.8 Å². The number of pyridine rings is 2. The maximum absolute atomic E-state index is 12.1. The van der Waals surface area contributed by atoms with E-state index in [4.69, 9.17) is 9.84 Å². The number of nitrogens with zero attached hydrogens (tertiary/aromatic N) is 2. The Morgan fingerprint density at radius 3 is 1.55 bits per heavy atom. The van der Waals surface area contributed by atoms with E-state index in [1.54, 1.807) is 0 Å². The van der Waals surface area contributed by atoms with Crippen molar-refractivity contribution >= 4 is 47.8 Å². The summed E-state index contributed by atoms with van der Waals surface area (Å²) in [6.07, 6.45) is -7.02. The van der Waals surface area contributed by atoms with E-state index in [1.165, 1.54) is 6.07 Å². The van der Waals surface area contributed by atoms with Gasteiger partial charge >= 0.3 is 12.4 Å². The molecule has 0 unspecified atom stereocenters. The predicted octanol–water partition coefficient (Wildman–Crippen LogP) is 6.46. The lowest BCUT2D eigenvalue weighted by molar-refractivity contribution is -0.142. The van der Waals surface area contributed by atoms with Gasteiger partial charge < -0.3 is 9.84 Å². The van der Waals surface area contributed by atoms with Crippen LogP contribution in [0.3, 0.4) is 0 Å². The maximum Gasteiger partial charge on any atom is 0.433 e. The Kier molecular flexibility index (Phi) is 13.5. The number of rotatable bonds is 4. The van der Waals surface area contributed by atoms with Gasteiger partial charge in [0, 0.05) is 16.0 Å². The Labute approximate surface area is 188 Å². The molecular formula is C16H15Br3F6N2O2. The van der Waals surface area contributed by atoms with Crippen LogP contribution in [0.25, 0.3) is 0 Å². The number of alkyl halides is 9. The molecule has 29 heavy (non-hydrogen) atoms. The van der Waals surface area contributed by atoms with Gasteiger partial charge in [0.2, 0.25) is 0 Å². The highest BCUT2D eigenvalue weighted by Crippen LogP contribution is 2.28. The number of hydrogen-bond donors (Lipinski definition) is 1. The molecule has 0 spiro atoms. The van der Waals surface area contributed by atoms with Crippen LogP contribution >= 0.6 is 47.8 Å². The van der Waals surface area contributed by atoms with Crippen molar-refractivity contribution < 1.29 is 36.2 Å². The zero-order valence-corrected chi connectivity index (χ0v) is 19.2. The smallest absolute Gasteiger partial charge is 0.433 e. The molecule has 0 bridgehead atoms. The van der Waals surface area contributed by atoms with E-state index in [0.717, 1.165) is 41.3 Å². The quantitative estimate of drug-likeness (QED) is 0.315. The molecule has 0 atom stereocenters. The summed E-state index contributed by atoms with van der Waals surface area (Å²) in [5.41, 5.74) is -1.92. The third-order valence-electron chi connectivity index (χ3n) is 2.48. The molecular weight excluding hydrogens is 606 g/mol. The van der Waals surface area contributed by atoms with Gasteiger partial charge in [0.1, 0.15) is 22.9 Å². The summed E-state index contributed by atoms with van der Waals surface area (Å²) < 4.78 is 76.6. The summed E-state index contributed by atoms with van der Waals surface area (Å²) in [6, 6.07) is 3.80. The van der Waals surface area contributed by atoms with Crippen molar-refractivity contribution in [3.8, 4) is 11.5 Å². The molecule has 164 valence electrons. The predicted molar refractivity (Wildman–Crippen MR) is 107 cm³/mol. The van der Waals surface area contributed by atoms with Crippen molar-refractivity contribution in [1.29, 1.82) is 0 Å². The van der Waals surface area contributed by atoms with Crippen LogP contribution in [0.15, 0.2) is 36.7 Å². The third kappa shape index (κ3) is 13.0. The number of hydrogen-bond acceptors (Lipinski definition) is 4. The average Bonchev–Trinajstić information content (AvgIpc) is 2.66. The standard InChI is InChI=1S/C8H7BrF3NO.C6H4F3NO.C2H4Br2/c9-3-4-14-6-1-2-7(13-5-6)8(10,11)12;7-6(8,9)5-2-1-4(11)3-10-5;3-1-2-4/h1-2,5H,3-4H2;1-3,11H;1-2H2. The molecule has 2 heterocycles. The SMILES string of the molecule is BrCCBr.FC(F)(F)c1ccc(OCCBr)cn1.Oc1ccc(C(F)(F)F)nc1. The van der Waals surface area contributed by atoms with Gasteiger partial charge in [0.25, 0.3) is 0 Å². The molecule has 0 amide bonds. The van der Waals surface area contributed by atoms with Gasteiger partial charge in [-0.15, -0.1) is 0 Å². The molecule has 0 saturated carbocycles. The monoisotopic (exact) mass is 618 g/mol. The highest BCUT2D eigenvalue weighted by Gasteiger charge is 2.32. The van der Waals surface area contributed by atoms with Crippen molar-refractivity contribution in [3.05, 3.63) is 48.0 Å². The Morgan fingerprint density at radius 2 is 1.24 bits per heavy atom. The van der Waals surface area contributed by atoms with E-state index < -0.39 is 23.7 Å². The molecule has 13 heteroatoms. The van der Waals surface area contributed by atoms with Gasteiger partial charge in [-0.3, -0.25) is 0 Å². The summed E-state index contributed by atoms with van der Waals surface area (Å²) in [7, 11) is 0. The second kappa shape index (κ2) is 14.0. The van der Waals surface area contributed by atoms with Gasteiger partial charge in [-0.2, -0.15) is 26.3 Å². The molecule has 0 fully saturated rings. The summed E-state index contributed by atoms with van der Waals surface area (Å²) in [5.74, 6) is 0.0513. The van der Waals surface area contributed by atoms with Crippen molar-refractivity contribution in [2.45, 2.75) is 12.4 Å². The van der Waals surface area contributed by atoms with Gasteiger partial charge in [0.05, 0.1) is 19.0 Å². The van der Waals surface area contributed by atoms with Crippen LogP contribution < -0.4 is 4.74 Å². The van der Waals surface area contributed by atoms with Gasteiger partial charge in [-0.25, -0.2) is 9.97 Å². The Bertz CT molecular complexity index is 681. The zero-order valence-electron chi connectivity index (χ0n) is 14.4. The van der Waals surface area contributed by atoms with E-state index in [9.17, 15) is 26.3 Å². The van der Waals surface area contributed by atoms with Crippen molar-refractivity contribution in [2.75, 3.05) is 22.6 Å². The third-order valence-corrected chi connectivity index (χ3v) is 4.66. The number of ether oxygens (including phenoxy) is 1. The van der Waals surface area contributed by atoms with E-state index in [1.807, 2.05) is 0 Å². The lowest BCUT2D eigenvalue weighted by atomic mass is 10.3. The zero-order chi connectivity index (χ0) is 22.5. The Morgan fingerprint density at radius 1 is 0.759 bits per heavy atom. The number of aromatic hydroxyl groups is 1. The molecule has 0 aromatic carbocycles. The van der Waals surface area contributed by atoms with Gasteiger partial charge in [-0.05, 0) is 24.3 Å². The van der Waals surface area contributed by atoms with E-state index in [2.05, 4.69) is 57.8 Å². The van der Waals surface area contributed by atoms with Crippen LogP contribution in [0.4, 0.5) is 26.3 Å². The van der Waals surface area contributed by atoms with Crippen LogP contribution in [-0.4, -0.2) is 37.7 Å². The van der Waals surface area contributed by atoms with Gasteiger partial charge in [0.15, 0.2) is 0 Å². The molecule has 2 aromatic heterocycles. The van der Waals surface area contributed by atoms with Crippen molar-refractivity contribution in [1.82, 2.24) is 9.97 Å². The first-order valence-electron chi connectivity index (χ1n) is 7.51. The number of aromatic nitrogens is 2. The fraction of sp³-hybridized carbons (Fsp3) is 0.375. The lowest BCUT2D eigenvalue weighted by Crippen LogP contribution is -2.07. The molecule has 2 aromatic rings. The first-order chi connectivity index (χ1) is 13.5. The molecule has 0 aliphatic rings. The fourth-order valence-electron chi connectivity index (χ4n) is 1.34. The normalized spacial score (nSPS) is 10.9. The molecule has 1 N–H and O–H groups in total. The summed E-state index contributed by atoms with van der Waals surface area (Å²) in [4.78, 5) is 6.21. The summed E-state index contributed by atoms with van der Waals surface area (Å²) in [5, 5.41) is 11.3. The second-order valence-electron chi connectivity index (χ2n) is 4.69. The van der Waals surface area contributed by atoms with Crippen molar-refractivity contribution in [3.63, 3.8) is 0 Å². The first kappa shape index (κ1) is 27.9. The lowest BCUT2D eigenvalue weighted by Gasteiger charge is -2.06. The minimum Gasteiger partial charge on any atom is -0.506 e. The van der Waals surface area contributed by atoms with Crippen molar-refractivity contribution in [2.24, 2.45) is 0 Å².